The standard InChI is InChI=1S/C9H9F3.C8H7F3.C2H6/c1-5(2)9-7(11)3-6(10)4-8(9)12;1-6-4-2-3-5-7(6)8(9,10)11;1-2/h3-5H,1-2H3;2-5H,1H3;1-2H3. The number of hydrogen-bond acceptors (Lipinski definition) is 0. The van der Waals surface area contributed by atoms with Crippen molar-refractivity contribution < 1.29 is 26.3 Å². The fraction of sp³-hybridized carbons (Fsp3) is 0.368. The molecule has 2 aromatic rings. The average molecular weight is 364 g/mol. The molecule has 0 nitrogen and oxygen atoms in total. The molecule has 0 unspecified atom stereocenters. The summed E-state index contributed by atoms with van der Waals surface area (Å²) in [6.45, 7) is 8.75. The smallest absolute Gasteiger partial charge is 0.207 e. The number of alkyl halides is 3. The topological polar surface area (TPSA) is 0 Å². The molecule has 0 N–H and O–H groups in total. The van der Waals surface area contributed by atoms with E-state index < -0.39 is 29.2 Å². The van der Waals surface area contributed by atoms with Gasteiger partial charge in [0.1, 0.15) is 17.5 Å². The number of halogens is 6. The van der Waals surface area contributed by atoms with E-state index in [0.29, 0.717) is 12.1 Å². The number of aryl methyl sites for hydroxylation is 1. The highest BCUT2D eigenvalue weighted by molar-refractivity contribution is 5.27. The van der Waals surface area contributed by atoms with E-state index in [9.17, 15) is 26.3 Å². The van der Waals surface area contributed by atoms with E-state index >= 15 is 0 Å². The van der Waals surface area contributed by atoms with Crippen LogP contribution in [0, 0.1) is 24.4 Å². The van der Waals surface area contributed by atoms with Crippen LogP contribution >= 0.6 is 0 Å². The first-order valence-electron chi connectivity index (χ1n) is 7.81. The third-order valence-electron chi connectivity index (χ3n) is 3.07. The van der Waals surface area contributed by atoms with E-state index in [0.717, 1.165) is 6.07 Å². The summed E-state index contributed by atoms with van der Waals surface area (Å²) < 4.78 is 74.3. The fourth-order valence-corrected chi connectivity index (χ4v) is 2.00. The van der Waals surface area contributed by atoms with Gasteiger partial charge in [-0.1, -0.05) is 45.9 Å². The Balaban J connectivity index is 0.000000421. The molecule has 140 valence electrons. The average Bonchev–Trinajstić information content (AvgIpc) is 2.47. The van der Waals surface area contributed by atoms with Crippen molar-refractivity contribution in [2.24, 2.45) is 0 Å². The van der Waals surface area contributed by atoms with Gasteiger partial charge in [0.2, 0.25) is 0 Å². The van der Waals surface area contributed by atoms with Gasteiger partial charge in [-0.05, 0) is 24.5 Å². The van der Waals surface area contributed by atoms with E-state index in [1.54, 1.807) is 19.9 Å². The minimum absolute atomic E-state index is 0.0589. The minimum Gasteiger partial charge on any atom is -0.207 e. The van der Waals surface area contributed by atoms with Crippen LogP contribution < -0.4 is 0 Å². The summed E-state index contributed by atoms with van der Waals surface area (Å²) >= 11 is 0. The molecule has 0 aliphatic rings. The van der Waals surface area contributed by atoms with E-state index in [1.807, 2.05) is 13.8 Å². The lowest BCUT2D eigenvalue weighted by Crippen LogP contribution is -2.06. The van der Waals surface area contributed by atoms with Crippen LogP contribution in [-0.4, -0.2) is 0 Å². The van der Waals surface area contributed by atoms with Gasteiger partial charge in [0.25, 0.3) is 0 Å². The molecule has 0 amide bonds. The Morgan fingerprint density at radius 2 is 1.28 bits per heavy atom. The maximum Gasteiger partial charge on any atom is 0.416 e. The Hall–Kier alpha value is -1.98. The molecule has 6 heteroatoms. The molecule has 0 fully saturated rings. The van der Waals surface area contributed by atoms with E-state index in [4.69, 9.17) is 0 Å². The number of benzene rings is 2. The first-order valence-corrected chi connectivity index (χ1v) is 7.81. The van der Waals surface area contributed by atoms with Crippen LogP contribution in [0.4, 0.5) is 26.3 Å². The summed E-state index contributed by atoms with van der Waals surface area (Å²) in [6, 6.07) is 6.88. The second-order valence-corrected chi connectivity index (χ2v) is 5.25. The van der Waals surface area contributed by atoms with Crippen LogP contribution in [0.15, 0.2) is 36.4 Å². The first-order chi connectivity index (χ1) is 11.5. The van der Waals surface area contributed by atoms with Gasteiger partial charge >= 0.3 is 6.18 Å². The Morgan fingerprint density at radius 1 is 0.840 bits per heavy atom. The van der Waals surface area contributed by atoms with Gasteiger partial charge in [-0.3, -0.25) is 0 Å². The molecule has 2 aromatic carbocycles. The van der Waals surface area contributed by atoms with Crippen molar-refractivity contribution in [1.29, 1.82) is 0 Å². The van der Waals surface area contributed by atoms with Crippen LogP contribution in [0.3, 0.4) is 0 Å². The van der Waals surface area contributed by atoms with Gasteiger partial charge in [0, 0.05) is 17.7 Å². The van der Waals surface area contributed by atoms with Crippen LogP contribution in [0.25, 0.3) is 0 Å². The molecular weight excluding hydrogens is 342 g/mol. The number of rotatable bonds is 1. The van der Waals surface area contributed by atoms with Crippen molar-refractivity contribution in [2.45, 2.75) is 46.7 Å². The highest BCUT2D eigenvalue weighted by atomic mass is 19.4. The van der Waals surface area contributed by atoms with Crippen molar-refractivity contribution in [3.05, 3.63) is 70.5 Å². The summed E-state index contributed by atoms with van der Waals surface area (Å²) in [5.74, 6) is -2.79. The van der Waals surface area contributed by atoms with Crippen LogP contribution in [0.5, 0.6) is 0 Å². The first kappa shape index (κ1) is 23.0. The molecule has 0 atom stereocenters. The quantitative estimate of drug-likeness (QED) is 0.467. The summed E-state index contributed by atoms with van der Waals surface area (Å²) in [6.07, 6.45) is -4.22. The third-order valence-corrected chi connectivity index (χ3v) is 3.07. The van der Waals surface area contributed by atoms with Crippen molar-refractivity contribution in [2.75, 3.05) is 0 Å². The lowest BCUT2D eigenvalue weighted by atomic mass is 10.0. The summed E-state index contributed by atoms with van der Waals surface area (Å²) in [7, 11) is 0. The summed E-state index contributed by atoms with van der Waals surface area (Å²) in [4.78, 5) is 0. The predicted octanol–water partition coefficient (Wildman–Crippen LogP) is 7.27. The maximum atomic E-state index is 12.9. The molecule has 2 rings (SSSR count). The molecule has 25 heavy (non-hydrogen) atoms. The zero-order valence-corrected chi connectivity index (χ0v) is 14.8. The second kappa shape index (κ2) is 10.1. The molecule has 0 saturated carbocycles. The molecule has 0 radical (unpaired) electrons. The largest absolute Gasteiger partial charge is 0.416 e. The highest BCUT2D eigenvalue weighted by Gasteiger charge is 2.31. The monoisotopic (exact) mass is 364 g/mol. The van der Waals surface area contributed by atoms with Gasteiger partial charge in [-0.2, -0.15) is 13.2 Å². The van der Waals surface area contributed by atoms with E-state index in [2.05, 4.69) is 0 Å². The molecule has 0 aliphatic carbocycles. The van der Waals surface area contributed by atoms with Crippen LogP contribution in [0.2, 0.25) is 0 Å². The molecule has 0 aromatic heterocycles. The van der Waals surface area contributed by atoms with Crippen LogP contribution in [-0.2, 0) is 6.18 Å². The van der Waals surface area contributed by atoms with Crippen LogP contribution in [0.1, 0.15) is 50.3 Å². The van der Waals surface area contributed by atoms with Crippen molar-refractivity contribution in [1.82, 2.24) is 0 Å². The molecular formula is C19H22F6. The zero-order chi connectivity index (χ0) is 19.8. The van der Waals surface area contributed by atoms with Gasteiger partial charge < -0.3 is 0 Å². The fourth-order valence-electron chi connectivity index (χ4n) is 2.00. The SMILES string of the molecule is CC.CC(C)c1c(F)cc(F)cc1F.Cc1ccccc1C(F)(F)F. The molecule has 0 bridgehead atoms. The van der Waals surface area contributed by atoms with Crippen molar-refractivity contribution in [3.63, 3.8) is 0 Å². The van der Waals surface area contributed by atoms with Gasteiger partial charge in [-0.25, -0.2) is 13.2 Å². The normalized spacial score (nSPS) is 10.6. The second-order valence-electron chi connectivity index (χ2n) is 5.25. The van der Waals surface area contributed by atoms with E-state index in [1.165, 1.54) is 19.1 Å². The van der Waals surface area contributed by atoms with Crippen molar-refractivity contribution in [3.8, 4) is 0 Å². The Kier molecular flexibility index (Phi) is 9.31. The van der Waals surface area contributed by atoms with Gasteiger partial charge in [0.05, 0.1) is 5.56 Å². The van der Waals surface area contributed by atoms with E-state index in [-0.39, 0.29) is 17.0 Å². The Bertz CT molecular complexity index is 636. The summed E-state index contributed by atoms with van der Waals surface area (Å²) in [5, 5.41) is 0. The molecule has 0 saturated heterocycles. The predicted molar refractivity (Wildman–Crippen MR) is 87.9 cm³/mol. The van der Waals surface area contributed by atoms with Crippen molar-refractivity contribution >= 4 is 0 Å². The van der Waals surface area contributed by atoms with Gasteiger partial charge in [-0.15, -0.1) is 0 Å². The maximum absolute atomic E-state index is 12.9. The Morgan fingerprint density at radius 3 is 1.60 bits per heavy atom. The van der Waals surface area contributed by atoms with Gasteiger partial charge in [0.15, 0.2) is 0 Å². The molecule has 0 heterocycles. The lowest BCUT2D eigenvalue weighted by Gasteiger charge is -2.08. The molecule has 0 spiro atoms. The summed E-state index contributed by atoms with van der Waals surface area (Å²) in [5.41, 5.74) is -0.351. The minimum atomic E-state index is -4.22. The number of hydrogen-bond donors (Lipinski definition) is 0. The molecule has 0 aliphatic heterocycles. The third kappa shape index (κ3) is 7.20. The highest BCUT2D eigenvalue weighted by Crippen LogP contribution is 2.31. The lowest BCUT2D eigenvalue weighted by molar-refractivity contribution is -0.138. The Labute approximate surface area is 144 Å². The zero-order valence-electron chi connectivity index (χ0n) is 14.8.